The number of aryl methyl sites for hydroxylation is 1. The Morgan fingerprint density at radius 2 is 1.82 bits per heavy atom. The molecule has 5 nitrogen and oxygen atoms in total. The first-order chi connectivity index (χ1) is 13.1. The Balaban J connectivity index is 0.00000192. The third-order valence-electron chi connectivity index (χ3n) is 6.48. The highest BCUT2D eigenvalue weighted by atomic mass is 35.5. The number of fused-ring (bicyclic) bond motifs is 3. The summed E-state index contributed by atoms with van der Waals surface area (Å²) in [5.74, 6) is 1.95. The maximum absolute atomic E-state index is 12.7. The number of hydrogen-bond donors (Lipinski definition) is 2. The number of carbonyl (C=O) groups is 1. The van der Waals surface area contributed by atoms with E-state index in [0.29, 0.717) is 11.8 Å². The number of nitrogens with one attached hydrogen (secondary N) is 1. The van der Waals surface area contributed by atoms with Crippen molar-refractivity contribution in [2.24, 2.45) is 30.5 Å². The minimum Gasteiger partial charge on any atom is -0.327 e. The number of aromatic nitrogens is 2. The fraction of sp³-hybridized carbons (Fsp3) is 0.364. The summed E-state index contributed by atoms with van der Waals surface area (Å²) in [7, 11) is 2.02. The highest BCUT2D eigenvalue weighted by Crippen LogP contribution is 2.47. The van der Waals surface area contributed by atoms with Crippen LogP contribution in [-0.4, -0.2) is 21.5 Å². The van der Waals surface area contributed by atoms with Crippen molar-refractivity contribution in [3.63, 3.8) is 0 Å². The van der Waals surface area contributed by atoms with E-state index in [1.807, 2.05) is 49.5 Å². The molecule has 2 saturated carbocycles. The van der Waals surface area contributed by atoms with E-state index in [1.54, 1.807) is 0 Å². The molecule has 2 aliphatic carbocycles. The van der Waals surface area contributed by atoms with Crippen LogP contribution in [0.25, 0.3) is 22.4 Å². The van der Waals surface area contributed by atoms with Crippen LogP contribution in [0.4, 0.5) is 5.69 Å². The van der Waals surface area contributed by atoms with E-state index in [2.05, 4.69) is 16.0 Å². The summed E-state index contributed by atoms with van der Waals surface area (Å²) in [6.07, 6.45) is 3.44. The lowest BCUT2D eigenvalue weighted by Crippen LogP contribution is -2.42. The van der Waals surface area contributed by atoms with E-state index in [0.717, 1.165) is 41.0 Å². The van der Waals surface area contributed by atoms with Gasteiger partial charge in [0.2, 0.25) is 5.91 Å². The molecule has 0 spiro atoms. The molecule has 6 heteroatoms. The van der Waals surface area contributed by atoms with Crippen molar-refractivity contribution in [3.8, 4) is 11.4 Å². The lowest BCUT2D eigenvalue weighted by atomic mass is 9.84. The van der Waals surface area contributed by atoms with Crippen molar-refractivity contribution in [1.82, 2.24) is 9.55 Å². The molecule has 5 rings (SSSR count). The van der Waals surface area contributed by atoms with E-state index in [9.17, 15) is 4.79 Å². The quantitative estimate of drug-likeness (QED) is 0.703. The fourth-order valence-corrected chi connectivity index (χ4v) is 5.06. The molecule has 3 N–H and O–H groups in total. The molecule has 4 unspecified atom stereocenters. The van der Waals surface area contributed by atoms with Crippen LogP contribution in [0.2, 0.25) is 0 Å². The molecule has 2 aliphatic rings. The van der Waals surface area contributed by atoms with Crippen molar-refractivity contribution in [2.75, 3.05) is 5.32 Å². The Morgan fingerprint density at radius 1 is 1.11 bits per heavy atom. The Morgan fingerprint density at radius 3 is 2.50 bits per heavy atom. The standard InChI is InChI=1S/C22H24N4O.ClH/c1-26-18-5-3-2-4-17(18)25-21(26)13-8-10-16(11-9-13)24-22(27)19-14-6-7-15(12-14)20(19)23;/h2-5,8-11,14-15,19-20H,6-7,12,23H2,1H3,(H,24,27);1H. The van der Waals surface area contributed by atoms with Crippen LogP contribution < -0.4 is 11.1 Å². The number of benzene rings is 2. The van der Waals surface area contributed by atoms with Gasteiger partial charge in [-0.3, -0.25) is 4.79 Å². The second-order valence-electron chi connectivity index (χ2n) is 7.99. The first-order valence-corrected chi connectivity index (χ1v) is 9.70. The van der Waals surface area contributed by atoms with Crippen molar-refractivity contribution in [2.45, 2.75) is 25.3 Å². The van der Waals surface area contributed by atoms with Gasteiger partial charge in [0, 0.05) is 24.3 Å². The summed E-state index contributed by atoms with van der Waals surface area (Å²) in [6, 6.07) is 16.0. The van der Waals surface area contributed by atoms with Crippen molar-refractivity contribution in [3.05, 3.63) is 48.5 Å². The molecular weight excluding hydrogens is 372 g/mol. The smallest absolute Gasteiger partial charge is 0.229 e. The third-order valence-corrected chi connectivity index (χ3v) is 6.48. The summed E-state index contributed by atoms with van der Waals surface area (Å²) in [5, 5.41) is 3.07. The number of para-hydroxylation sites is 2. The fourth-order valence-electron chi connectivity index (χ4n) is 5.06. The van der Waals surface area contributed by atoms with Gasteiger partial charge in [-0.2, -0.15) is 0 Å². The number of carbonyl (C=O) groups excluding carboxylic acids is 1. The Bertz CT molecular complexity index is 1010. The number of nitrogens with zero attached hydrogens (tertiary/aromatic N) is 2. The molecule has 1 heterocycles. The average Bonchev–Trinajstić information content (AvgIpc) is 3.36. The van der Waals surface area contributed by atoms with E-state index >= 15 is 0 Å². The monoisotopic (exact) mass is 396 g/mol. The largest absolute Gasteiger partial charge is 0.327 e. The Kier molecular flexibility index (Phi) is 4.89. The molecule has 0 radical (unpaired) electrons. The number of imidazole rings is 1. The molecule has 28 heavy (non-hydrogen) atoms. The van der Waals surface area contributed by atoms with E-state index in [-0.39, 0.29) is 30.3 Å². The second kappa shape index (κ2) is 7.22. The van der Waals surface area contributed by atoms with Crippen LogP contribution >= 0.6 is 12.4 Å². The molecule has 4 atom stereocenters. The predicted molar refractivity (Wildman–Crippen MR) is 114 cm³/mol. The van der Waals surface area contributed by atoms with Gasteiger partial charge in [-0.25, -0.2) is 4.98 Å². The summed E-state index contributed by atoms with van der Waals surface area (Å²) in [5.41, 5.74) is 10.2. The third kappa shape index (κ3) is 2.99. The lowest BCUT2D eigenvalue weighted by Gasteiger charge is -2.27. The SMILES string of the molecule is Cl.Cn1c(-c2ccc(NC(=O)C3C4CCC(C4)C3N)cc2)nc2ccccc21. The molecule has 1 amide bonds. The number of anilines is 1. The van der Waals surface area contributed by atoms with E-state index in [4.69, 9.17) is 10.7 Å². The number of amides is 1. The zero-order valence-electron chi connectivity index (χ0n) is 15.8. The average molecular weight is 397 g/mol. The summed E-state index contributed by atoms with van der Waals surface area (Å²) < 4.78 is 2.09. The first-order valence-electron chi connectivity index (χ1n) is 9.70. The van der Waals surface area contributed by atoms with Gasteiger partial charge in [0.15, 0.2) is 0 Å². The van der Waals surface area contributed by atoms with Crippen LogP contribution in [-0.2, 0) is 11.8 Å². The van der Waals surface area contributed by atoms with Gasteiger partial charge < -0.3 is 15.6 Å². The Labute approximate surface area is 170 Å². The number of nitrogens with two attached hydrogens (primary N) is 1. The van der Waals surface area contributed by atoms with E-state index in [1.165, 1.54) is 6.42 Å². The summed E-state index contributed by atoms with van der Waals surface area (Å²) in [4.78, 5) is 17.5. The lowest BCUT2D eigenvalue weighted by molar-refractivity contribution is -0.121. The maximum Gasteiger partial charge on any atom is 0.229 e. The zero-order valence-corrected chi connectivity index (χ0v) is 16.7. The van der Waals surface area contributed by atoms with Gasteiger partial charge in [0.25, 0.3) is 0 Å². The molecule has 2 bridgehead atoms. The van der Waals surface area contributed by atoms with Gasteiger partial charge in [-0.1, -0.05) is 12.1 Å². The van der Waals surface area contributed by atoms with Crippen molar-refractivity contribution >= 4 is 35.0 Å². The van der Waals surface area contributed by atoms with Gasteiger partial charge in [0.05, 0.1) is 17.0 Å². The molecule has 2 aromatic carbocycles. The van der Waals surface area contributed by atoms with Crippen LogP contribution in [0.5, 0.6) is 0 Å². The number of rotatable bonds is 3. The van der Waals surface area contributed by atoms with E-state index < -0.39 is 0 Å². The number of hydrogen-bond acceptors (Lipinski definition) is 3. The summed E-state index contributed by atoms with van der Waals surface area (Å²) >= 11 is 0. The van der Waals surface area contributed by atoms with Crippen molar-refractivity contribution in [1.29, 1.82) is 0 Å². The second-order valence-corrected chi connectivity index (χ2v) is 7.99. The zero-order chi connectivity index (χ0) is 18.5. The van der Waals surface area contributed by atoms with Crippen LogP contribution in [0.15, 0.2) is 48.5 Å². The normalized spacial score (nSPS) is 25.6. The van der Waals surface area contributed by atoms with Gasteiger partial charge >= 0.3 is 0 Å². The highest BCUT2D eigenvalue weighted by molar-refractivity contribution is 5.94. The molecule has 3 aromatic rings. The molecule has 2 fully saturated rings. The van der Waals surface area contributed by atoms with Gasteiger partial charge in [0.1, 0.15) is 5.82 Å². The Hall–Kier alpha value is -2.37. The van der Waals surface area contributed by atoms with Crippen molar-refractivity contribution < 1.29 is 4.79 Å². The number of halogens is 1. The molecule has 0 aliphatic heterocycles. The van der Waals surface area contributed by atoms with Crippen LogP contribution in [0.3, 0.4) is 0 Å². The highest BCUT2D eigenvalue weighted by Gasteiger charge is 2.49. The minimum absolute atomic E-state index is 0. The maximum atomic E-state index is 12.7. The summed E-state index contributed by atoms with van der Waals surface area (Å²) in [6.45, 7) is 0. The van der Waals surface area contributed by atoms with Gasteiger partial charge in [-0.05, 0) is 67.5 Å². The predicted octanol–water partition coefficient (Wildman–Crippen LogP) is 3.97. The molecule has 1 aromatic heterocycles. The molecular formula is C22H25ClN4O. The topological polar surface area (TPSA) is 72.9 Å². The minimum atomic E-state index is -0.0386. The molecule has 0 saturated heterocycles. The van der Waals surface area contributed by atoms with Crippen LogP contribution in [0, 0.1) is 17.8 Å². The molecule has 146 valence electrons. The van der Waals surface area contributed by atoms with Gasteiger partial charge in [-0.15, -0.1) is 12.4 Å². The van der Waals surface area contributed by atoms with Crippen LogP contribution in [0.1, 0.15) is 19.3 Å². The first kappa shape index (κ1) is 19.0.